The first-order valence-electron chi connectivity index (χ1n) is 5.95. The number of rotatable bonds is 6. The Morgan fingerprint density at radius 1 is 1.47 bits per heavy atom. The number of anilines is 1. The Morgan fingerprint density at radius 2 is 2.32 bits per heavy atom. The summed E-state index contributed by atoms with van der Waals surface area (Å²) in [4.78, 5) is 16.1. The fraction of sp³-hybridized carbons (Fsp3) is 0.455. The van der Waals surface area contributed by atoms with Crippen LogP contribution in [0.3, 0.4) is 0 Å². The summed E-state index contributed by atoms with van der Waals surface area (Å²) in [5.74, 6) is 0.00941. The van der Waals surface area contributed by atoms with E-state index in [1.807, 2.05) is 19.2 Å². The van der Waals surface area contributed by atoms with E-state index in [1.54, 1.807) is 17.5 Å². The zero-order chi connectivity index (χ0) is 13.7. The predicted octanol–water partition coefficient (Wildman–Crippen LogP) is 1.96. The van der Waals surface area contributed by atoms with Crippen LogP contribution < -0.4 is 10.6 Å². The van der Waals surface area contributed by atoms with Crippen LogP contribution >= 0.6 is 22.7 Å². The monoisotopic (exact) mass is 297 g/mol. The summed E-state index contributed by atoms with van der Waals surface area (Å²) in [6.45, 7) is 5.31. The molecule has 0 radical (unpaired) electrons. The van der Waals surface area contributed by atoms with Crippen molar-refractivity contribution in [3.05, 3.63) is 21.6 Å². The average molecular weight is 297 g/mol. The van der Waals surface area contributed by atoms with Gasteiger partial charge in [-0.1, -0.05) is 18.3 Å². The Balaban J connectivity index is 1.86. The fourth-order valence-corrected chi connectivity index (χ4v) is 2.85. The Kier molecular flexibility index (Phi) is 4.80. The van der Waals surface area contributed by atoms with Gasteiger partial charge in [-0.15, -0.1) is 21.5 Å². The van der Waals surface area contributed by atoms with E-state index < -0.39 is 0 Å². The minimum Gasteiger partial charge on any atom is -0.360 e. The van der Waals surface area contributed by atoms with E-state index in [2.05, 4.69) is 25.8 Å². The zero-order valence-electron chi connectivity index (χ0n) is 10.7. The largest absolute Gasteiger partial charge is 0.360 e. The molecule has 6 nitrogen and oxygen atoms in total. The number of amides is 1. The van der Waals surface area contributed by atoms with Gasteiger partial charge in [-0.3, -0.25) is 4.79 Å². The minimum absolute atomic E-state index is 0.190. The Labute approximate surface area is 119 Å². The molecule has 0 fully saturated rings. The molecule has 1 atom stereocenters. The summed E-state index contributed by atoms with van der Waals surface area (Å²) in [6.07, 6.45) is 1.77. The number of aromatic nitrogens is 3. The van der Waals surface area contributed by atoms with E-state index in [-0.39, 0.29) is 11.8 Å². The van der Waals surface area contributed by atoms with Crippen molar-refractivity contribution in [2.45, 2.75) is 19.8 Å². The molecule has 8 heteroatoms. The second-order valence-electron chi connectivity index (χ2n) is 3.92. The van der Waals surface area contributed by atoms with E-state index in [9.17, 15) is 4.79 Å². The number of nitrogens with one attached hydrogen (secondary N) is 2. The van der Waals surface area contributed by atoms with Crippen LogP contribution in [0.25, 0.3) is 0 Å². The number of hydrogen-bond acceptors (Lipinski definition) is 7. The quantitative estimate of drug-likeness (QED) is 0.852. The van der Waals surface area contributed by atoms with Gasteiger partial charge in [0, 0.05) is 30.6 Å². The van der Waals surface area contributed by atoms with Gasteiger partial charge in [0.1, 0.15) is 0 Å². The number of carbonyl (C=O) groups is 1. The molecule has 2 N–H and O–H groups in total. The van der Waals surface area contributed by atoms with Gasteiger partial charge in [0.05, 0.1) is 5.01 Å². The third-order valence-electron chi connectivity index (χ3n) is 2.39. The van der Waals surface area contributed by atoms with E-state index >= 15 is 0 Å². The zero-order valence-corrected chi connectivity index (χ0v) is 12.3. The molecule has 19 heavy (non-hydrogen) atoms. The summed E-state index contributed by atoms with van der Waals surface area (Å²) >= 11 is 2.85. The fourth-order valence-electron chi connectivity index (χ4n) is 1.42. The van der Waals surface area contributed by atoms with Crippen LogP contribution in [0.4, 0.5) is 5.13 Å². The lowest BCUT2D eigenvalue weighted by Gasteiger charge is -2.08. The van der Waals surface area contributed by atoms with E-state index in [0.717, 1.165) is 11.6 Å². The van der Waals surface area contributed by atoms with E-state index in [0.29, 0.717) is 16.7 Å². The molecule has 2 aromatic heterocycles. The molecule has 2 aromatic rings. The molecular formula is C11H15N5OS2. The second kappa shape index (κ2) is 6.58. The summed E-state index contributed by atoms with van der Waals surface area (Å²) in [5.41, 5.74) is 0. The highest BCUT2D eigenvalue weighted by atomic mass is 32.1. The minimum atomic E-state index is -0.190. The standard InChI is InChI=1S/C11H15N5OS2/c1-3-12-11-16-15-10(19-11)8(17)14-6-7(2)9-13-4-5-18-9/h4-5,7H,3,6H2,1-2H3,(H,12,16)(H,14,17). The normalized spacial score (nSPS) is 12.1. The molecule has 0 aliphatic heterocycles. The third kappa shape index (κ3) is 3.71. The average Bonchev–Trinajstić information content (AvgIpc) is 3.06. The molecule has 0 spiro atoms. The Morgan fingerprint density at radius 3 is 3.00 bits per heavy atom. The maximum atomic E-state index is 11.9. The highest BCUT2D eigenvalue weighted by Gasteiger charge is 2.14. The molecule has 1 amide bonds. The summed E-state index contributed by atoms with van der Waals surface area (Å²) in [7, 11) is 0. The maximum absolute atomic E-state index is 11.9. The molecule has 0 saturated heterocycles. The maximum Gasteiger partial charge on any atom is 0.282 e. The molecule has 0 saturated carbocycles. The molecule has 102 valence electrons. The van der Waals surface area contributed by atoms with Crippen LogP contribution in [0.1, 0.15) is 34.6 Å². The molecule has 0 aliphatic carbocycles. The Hall–Kier alpha value is -1.54. The molecule has 0 aromatic carbocycles. The van der Waals surface area contributed by atoms with Crippen molar-refractivity contribution in [3.8, 4) is 0 Å². The van der Waals surface area contributed by atoms with Crippen LogP contribution in [0.15, 0.2) is 11.6 Å². The van der Waals surface area contributed by atoms with Gasteiger partial charge >= 0.3 is 0 Å². The number of carbonyl (C=O) groups excluding carboxylic acids is 1. The van der Waals surface area contributed by atoms with Crippen molar-refractivity contribution < 1.29 is 4.79 Å². The van der Waals surface area contributed by atoms with Crippen molar-refractivity contribution in [3.63, 3.8) is 0 Å². The molecule has 0 aliphatic rings. The van der Waals surface area contributed by atoms with Crippen molar-refractivity contribution in [2.75, 3.05) is 18.4 Å². The summed E-state index contributed by atoms with van der Waals surface area (Å²) in [6, 6.07) is 0. The smallest absolute Gasteiger partial charge is 0.282 e. The Bertz CT molecular complexity index is 525. The molecular weight excluding hydrogens is 282 g/mol. The molecule has 2 rings (SSSR count). The highest BCUT2D eigenvalue weighted by molar-refractivity contribution is 7.17. The van der Waals surface area contributed by atoms with Crippen LogP contribution in [0, 0.1) is 0 Å². The predicted molar refractivity (Wildman–Crippen MR) is 76.9 cm³/mol. The van der Waals surface area contributed by atoms with Crippen molar-refractivity contribution in [2.24, 2.45) is 0 Å². The van der Waals surface area contributed by atoms with Crippen LogP contribution in [-0.4, -0.2) is 34.2 Å². The van der Waals surface area contributed by atoms with E-state index in [1.165, 1.54) is 11.3 Å². The van der Waals surface area contributed by atoms with Gasteiger partial charge in [0.15, 0.2) is 0 Å². The first kappa shape index (κ1) is 13.9. The second-order valence-corrected chi connectivity index (χ2v) is 5.83. The lowest BCUT2D eigenvalue weighted by Crippen LogP contribution is -2.27. The van der Waals surface area contributed by atoms with Gasteiger partial charge in [0.25, 0.3) is 5.91 Å². The first-order valence-corrected chi connectivity index (χ1v) is 7.65. The van der Waals surface area contributed by atoms with Crippen LogP contribution in [-0.2, 0) is 0 Å². The number of nitrogens with zero attached hydrogens (tertiary/aromatic N) is 3. The van der Waals surface area contributed by atoms with Gasteiger partial charge < -0.3 is 10.6 Å². The third-order valence-corrected chi connectivity index (χ3v) is 4.28. The molecule has 2 heterocycles. The number of hydrogen-bond donors (Lipinski definition) is 2. The first-order chi connectivity index (χ1) is 9.20. The topological polar surface area (TPSA) is 79.8 Å². The summed E-state index contributed by atoms with van der Waals surface area (Å²) in [5, 5.41) is 17.6. The van der Waals surface area contributed by atoms with Crippen LogP contribution in [0.2, 0.25) is 0 Å². The van der Waals surface area contributed by atoms with Gasteiger partial charge in [-0.2, -0.15) is 0 Å². The van der Waals surface area contributed by atoms with Gasteiger partial charge in [-0.05, 0) is 6.92 Å². The number of thiazole rings is 1. The molecule has 0 bridgehead atoms. The van der Waals surface area contributed by atoms with Gasteiger partial charge in [0.2, 0.25) is 10.1 Å². The molecule has 1 unspecified atom stereocenters. The SMILES string of the molecule is CCNc1nnc(C(=O)NCC(C)c2nccs2)s1. The lowest BCUT2D eigenvalue weighted by atomic mass is 10.2. The van der Waals surface area contributed by atoms with Crippen molar-refractivity contribution >= 4 is 33.7 Å². The lowest BCUT2D eigenvalue weighted by molar-refractivity contribution is 0.0950. The van der Waals surface area contributed by atoms with Crippen molar-refractivity contribution in [1.82, 2.24) is 20.5 Å². The van der Waals surface area contributed by atoms with Gasteiger partial charge in [-0.25, -0.2) is 4.98 Å². The van der Waals surface area contributed by atoms with E-state index in [4.69, 9.17) is 0 Å². The van der Waals surface area contributed by atoms with Crippen molar-refractivity contribution in [1.29, 1.82) is 0 Å². The highest BCUT2D eigenvalue weighted by Crippen LogP contribution is 2.17. The van der Waals surface area contributed by atoms with Crippen LogP contribution in [0.5, 0.6) is 0 Å². The summed E-state index contributed by atoms with van der Waals surface area (Å²) < 4.78 is 0.